The van der Waals surface area contributed by atoms with Crippen LogP contribution in [-0.2, 0) is 9.45 Å². The highest BCUT2D eigenvalue weighted by Gasteiger charge is 2.61. The molecule has 2 aromatic carbocycles. The van der Waals surface area contributed by atoms with Crippen molar-refractivity contribution < 1.29 is 18.6 Å². The van der Waals surface area contributed by atoms with Gasteiger partial charge < -0.3 is 13.8 Å². The number of rotatable bonds is 3. The largest absolute Gasteiger partial charge is 0.682 e. The molecule has 2 atom stereocenters. The van der Waals surface area contributed by atoms with E-state index in [-0.39, 0.29) is 12.0 Å². The summed E-state index contributed by atoms with van der Waals surface area (Å²) >= 11 is 0. The van der Waals surface area contributed by atoms with Crippen LogP contribution < -0.4 is 10.1 Å². The van der Waals surface area contributed by atoms with Gasteiger partial charge in [0.25, 0.3) is 0 Å². The van der Waals surface area contributed by atoms with Gasteiger partial charge in [0, 0.05) is 6.42 Å². The molecule has 1 fully saturated rings. The highest BCUT2D eigenvalue weighted by molar-refractivity contribution is 6.77. The third-order valence-electron chi connectivity index (χ3n) is 4.71. The van der Waals surface area contributed by atoms with E-state index in [1.54, 1.807) is 0 Å². The average molecular weight is 321 g/mol. The first-order valence-corrected chi connectivity index (χ1v) is 8.43. The number of carbonyl (C=O) groups is 1. The Morgan fingerprint density at radius 1 is 1.04 bits per heavy atom. The van der Waals surface area contributed by atoms with Crippen LogP contribution in [-0.4, -0.2) is 29.4 Å². The lowest BCUT2D eigenvalue weighted by molar-refractivity contribution is -0.434. The number of hydrogen-bond donors (Lipinski definition) is 0. The summed E-state index contributed by atoms with van der Waals surface area (Å²) in [6.07, 6.45) is 2.75. The molecule has 0 saturated carbocycles. The lowest BCUT2D eigenvalue weighted by Gasteiger charge is -2.35. The maximum atomic E-state index is 12.7. The molecule has 2 aromatic rings. The third-order valence-corrected chi connectivity index (χ3v) is 4.71. The molecule has 0 spiro atoms. The molecule has 0 amide bonds. The average Bonchev–Trinajstić information content (AvgIpc) is 2.85. The molecular formula is C19H20BNO3. The van der Waals surface area contributed by atoms with Crippen LogP contribution in [0.3, 0.4) is 0 Å². The van der Waals surface area contributed by atoms with Gasteiger partial charge in [0.15, 0.2) is 0 Å². The molecule has 5 heteroatoms. The quantitative estimate of drug-likeness (QED) is 0.815. The molecule has 2 aliphatic rings. The summed E-state index contributed by atoms with van der Waals surface area (Å²) in [7, 11) is 0. The van der Waals surface area contributed by atoms with Crippen molar-refractivity contribution in [2.45, 2.75) is 26.3 Å². The van der Waals surface area contributed by atoms with Crippen LogP contribution in [0.1, 0.15) is 25.8 Å². The molecule has 0 aliphatic carbocycles. The Morgan fingerprint density at radius 2 is 1.75 bits per heavy atom. The van der Waals surface area contributed by atoms with E-state index in [2.05, 4.69) is 13.8 Å². The fraction of sp³-hybridized carbons (Fsp3) is 0.263. The van der Waals surface area contributed by atoms with Gasteiger partial charge in [0.05, 0.1) is 11.3 Å². The first kappa shape index (κ1) is 15.0. The van der Waals surface area contributed by atoms with Crippen molar-refractivity contribution in [2.75, 3.05) is 0 Å². The van der Waals surface area contributed by atoms with Crippen molar-refractivity contribution in [2.24, 2.45) is 5.92 Å². The van der Waals surface area contributed by atoms with E-state index >= 15 is 0 Å². The lowest BCUT2D eigenvalue weighted by Crippen LogP contribution is -2.64. The van der Waals surface area contributed by atoms with Gasteiger partial charge in [-0.25, -0.2) is 4.79 Å². The van der Waals surface area contributed by atoms with E-state index in [1.807, 2.05) is 65.3 Å². The summed E-state index contributed by atoms with van der Waals surface area (Å²) in [5.41, 5.74) is 1.85. The van der Waals surface area contributed by atoms with E-state index in [0.29, 0.717) is 5.92 Å². The lowest BCUT2D eigenvalue weighted by atomic mass is 9.62. The Morgan fingerprint density at radius 3 is 2.50 bits per heavy atom. The van der Waals surface area contributed by atoms with Crippen LogP contribution in [0.2, 0.25) is 0 Å². The predicted molar refractivity (Wildman–Crippen MR) is 93.7 cm³/mol. The maximum absolute atomic E-state index is 12.7. The number of benzene rings is 2. The molecule has 122 valence electrons. The topological polar surface area (TPSA) is 38.5 Å². The van der Waals surface area contributed by atoms with Gasteiger partial charge in [-0.2, -0.15) is 0 Å². The summed E-state index contributed by atoms with van der Waals surface area (Å²) in [6, 6.07) is 17.2. The summed E-state index contributed by atoms with van der Waals surface area (Å²) in [6.45, 7) is 2.19. The van der Waals surface area contributed by atoms with Crippen molar-refractivity contribution in [3.8, 4) is 5.75 Å². The second-order valence-electron chi connectivity index (χ2n) is 6.90. The van der Waals surface area contributed by atoms with Crippen LogP contribution >= 0.6 is 0 Å². The molecule has 4 rings (SSSR count). The van der Waals surface area contributed by atoms with Crippen molar-refractivity contribution in [1.82, 2.24) is 0 Å². The van der Waals surface area contributed by atoms with Crippen LogP contribution in [0.4, 0.5) is 0 Å². The Kier molecular flexibility index (Phi) is 3.45. The maximum Gasteiger partial charge on any atom is 0.682 e. The SMILES string of the molecule is CC(C)CC1C(=O)O[B-]2(c3ccccc3)Oc3ccccc3C=[N+]12. The van der Waals surface area contributed by atoms with Crippen molar-refractivity contribution in [3.05, 3.63) is 60.2 Å². The first-order chi connectivity index (χ1) is 11.6. The molecule has 0 aromatic heterocycles. The third kappa shape index (κ3) is 2.23. The van der Waals surface area contributed by atoms with Gasteiger partial charge in [-0.05, 0) is 23.5 Å². The fourth-order valence-electron chi connectivity index (χ4n) is 3.62. The monoisotopic (exact) mass is 321 g/mol. The van der Waals surface area contributed by atoms with Crippen molar-refractivity contribution in [3.63, 3.8) is 0 Å². The molecule has 0 N–H and O–H groups in total. The summed E-state index contributed by atoms with van der Waals surface area (Å²) < 4.78 is 14.2. The summed E-state index contributed by atoms with van der Waals surface area (Å²) in [4.78, 5) is 12.7. The zero-order valence-electron chi connectivity index (χ0n) is 13.9. The van der Waals surface area contributed by atoms with Gasteiger partial charge in [-0.15, -0.1) is 0 Å². The Labute approximate surface area is 141 Å². The fourth-order valence-corrected chi connectivity index (χ4v) is 3.62. The standard InChI is InChI=1S/C19H20BNO3/c1-14(2)12-17-19(22)24-20(16-9-4-3-5-10-16)21(17)13-15-8-6-7-11-18(15)23-20/h3-11,13-14,17H,12H2,1-2H3. The minimum Gasteiger partial charge on any atom is -0.618 e. The zero-order chi connectivity index (χ0) is 16.7. The summed E-state index contributed by atoms with van der Waals surface area (Å²) in [5, 5.41) is 0. The van der Waals surface area contributed by atoms with Gasteiger partial charge in [-0.1, -0.05) is 56.3 Å². The van der Waals surface area contributed by atoms with Gasteiger partial charge in [-0.3, -0.25) is 0 Å². The van der Waals surface area contributed by atoms with E-state index in [4.69, 9.17) is 9.31 Å². The van der Waals surface area contributed by atoms with E-state index < -0.39 is 6.69 Å². The molecule has 1 saturated heterocycles. The van der Waals surface area contributed by atoms with Crippen molar-refractivity contribution >= 4 is 24.3 Å². The van der Waals surface area contributed by atoms with Gasteiger partial charge >= 0.3 is 12.7 Å². The van der Waals surface area contributed by atoms with E-state index in [0.717, 1.165) is 23.2 Å². The minimum atomic E-state index is -2.04. The Hall–Kier alpha value is -2.56. The molecule has 2 unspecified atom stereocenters. The number of nitrogens with zero attached hydrogens (tertiary/aromatic N) is 1. The molecule has 0 radical (unpaired) electrons. The summed E-state index contributed by atoms with van der Waals surface area (Å²) in [5.74, 6) is 0.919. The zero-order valence-corrected chi connectivity index (χ0v) is 13.9. The van der Waals surface area contributed by atoms with Gasteiger partial charge in [0.1, 0.15) is 6.21 Å². The first-order valence-electron chi connectivity index (χ1n) is 8.43. The smallest absolute Gasteiger partial charge is 0.618 e. The minimum absolute atomic E-state index is 0.211. The number of carbonyl (C=O) groups excluding carboxylic acids is 1. The number of hydrogen-bond acceptors (Lipinski definition) is 3. The molecule has 2 aliphatic heterocycles. The molecule has 4 nitrogen and oxygen atoms in total. The van der Waals surface area contributed by atoms with Crippen LogP contribution in [0, 0.1) is 5.92 Å². The number of fused-ring (bicyclic) bond motifs is 2. The van der Waals surface area contributed by atoms with Crippen LogP contribution in [0.25, 0.3) is 0 Å². The normalized spacial score (nSPS) is 24.7. The molecule has 24 heavy (non-hydrogen) atoms. The molecular weight excluding hydrogens is 301 g/mol. The van der Waals surface area contributed by atoms with Gasteiger partial charge in [0.2, 0.25) is 6.04 Å². The van der Waals surface area contributed by atoms with Crippen LogP contribution in [0.15, 0.2) is 54.6 Å². The second-order valence-corrected chi connectivity index (χ2v) is 6.90. The van der Waals surface area contributed by atoms with E-state index in [9.17, 15) is 4.79 Å². The Bertz CT molecular complexity index is 818. The van der Waals surface area contributed by atoms with E-state index in [1.165, 1.54) is 0 Å². The second kappa shape index (κ2) is 5.51. The van der Waals surface area contributed by atoms with Crippen molar-refractivity contribution in [1.29, 1.82) is 0 Å². The number of para-hydroxylation sites is 1. The van der Waals surface area contributed by atoms with Crippen LogP contribution in [0.5, 0.6) is 5.75 Å². The molecule has 0 bridgehead atoms. The Balaban J connectivity index is 1.90. The highest BCUT2D eigenvalue weighted by atomic mass is 16.7. The highest BCUT2D eigenvalue weighted by Crippen LogP contribution is 2.32. The predicted octanol–water partition coefficient (Wildman–Crippen LogP) is 2.33. The molecule has 2 heterocycles.